The molecule has 15 atom stereocenters. The van der Waals surface area contributed by atoms with Gasteiger partial charge in [-0.25, -0.2) is 0 Å². The summed E-state index contributed by atoms with van der Waals surface area (Å²) < 4.78 is 34.9. The fourth-order valence-corrected chi connectivity index (χ4v) is 8.26. The number of benzene rings is 4. The standard InChI is InChI=1S/C47H58O18/c1-21-12-24(6-9-30(21)60-43-40(55)39(54)36(51)33(18-48)61-43)27-15-28(25-7-10-31(22(2)13-25)62-44-46(4,58)41(56)37(52)34(19-49)64-44)17-29(16-27)26-8-11-32(23(3)14-26)63-45-47(5,59)42(57)38(53)35(20-50)65-45/h6-17,33-45,48-59H,18-20H2,1-5H3/t33-,34-,35-,36-,37-,38-,39+,40+,41+,42+,43+,44+,45+,46+,47+/m1/s1. The lowest BCUT2D eigenvalue weighted by Crippen LogP contribution is -2.66. The molecule has 18 heteroatoms. The van der Waals surface area contributed by atoms with Crippen LogP contribution in [-0.2, 0) is 14.2 Å². The summed E-state index contributed by atoms with van der Waals surface area (Å²) in [6.45, 7) is 6.03. The lowest BCUT2D eigenvalue weighted by Gasteiger charge is -2.45. The summed E-state index contributed by atoms with van der Waals surface area (Å²) in [5, 5.41) is 124. The Morgan fingerprint density at radius 3 is 1.11 bits per heavy atom. The third-order valence-corrected chi connectivity index (χ3v) is 12.5. The van der Waals surface area contributed by atoms with E-state index >= 15 is 0 Å². The highest BCUT2D eigenvalue weighted by molar-refractivity contribution is 5.82. The summed E-state index contributed by atoms with van der Waals surface area (Å²) in [4.78, 5) is 0. The van der Waals surface area contributed by atoms with Crippen molar-refractivity contribution < 1.29 is 89.7 Å². The first-order valence-corrected chi connectivity index (χ1v) is 21.2. The van der Waals surface area contributed by atoms with Crippen LogP contribution in [-0.4, -0.2) is 172 Å². The van der Waals surface area contributed by atoms with E-state index in [1.165, 1.54) is 13.8 Å². The molecule has 0 aromatic heterocycles. The lowest BCUT2D eigenvalue weighted by molar-refractivity contribution is -0.314. The first kappa shape index (κ1) is 48.6. The van der Waals surface area contributed by atoms with Crippen LogP contribution in [0.25, 0.3) is 33.4 Å². The Kier molecular flexibility index (Phi) is 14.3. The Labute approximate surface area is 374 Å². The van der Waals surface area contributed by atoms with Gasteiger partial charge in [0.1, 0.15) is 78.3 Å². The summed E-state index contributed by atoms with van der Waals surface area (Å²) in [6.07, 6.45) is -19.0. The maximum Gasteiger partial charge on any atom is 0.231 e. The van der Waals surface area contributed by atoms with Gasteiger partial charge in [-0.15, -0.1) is 0 Å². The predicted molar refractivity (Wildman–Crippen MR) is 229 cm³/mol. The van der Waals surface area contributed by atoms with Crippen LogP contribution in [0.2, 0.25) is 0 Å². The van der Waals surface area contributed by atoms with E-state index in [0.29, 0.717) is 33.9 Å². The number of ether oxygens (including phenoxy) is 6. The highest BCUT2D eigenvalue weighted by Gasteiger charge is 2.54. The predicted octanol–water partition coefficient (Wildman–Crippen LogP) is -0.0708. The minimum absolute atomic E-state index is 0.306. The summed E-state index contributed by atoms with van der Waals surface area (Å²) in [7, 11) is 0. The molecule has 18 nitrogen and oxygen atoms in total. The average Bonchev–Trinajstić information content (AvgIpc) is 3.28. The van der Waals surface area contributed by atoms with Crippen LogP contribution in [0.5, 0.6) is 17.2 Å². The van der Waals surface area contributed by atoms with Crippen molar-refractivity contribution in [1.82, 2.24) is 0 Å². The SMILES string of the molecule is Cc1cc(-c2cc(-c3ccc(O[C@H]4O[C@H](CO)[C@@H](O)[C@H](O)[C@]4(C)O)c(C)c3)cc(-c3ccc(O[C@H]4O[C@H](CO)[C@@H](O)[C@H](O)[C@]4(C)O)c(C)c3)c2)ccc1O[C@H]1O[C@H](CO)[C@@H](O)[C@H](O)[C@@H]1O. The van der Waals surface area contributed by atoms with E-state index in [1.54, 1.807) is 57.2 Å². The lowest BCUT2D eigenvalue weighted by atomic mass is 9.88. The summed E-state index contributed by atoms with van der Waals surface area (Å²) in [5.41, 5.74) is 2.37. The molecule has 0 aliphatic carbocycles. The summed E-state index contributed by atoms with van der Waals surface area (Å²) in [5.74, 6) is 0.926. The molecular weight excluding hydrogens is 852 g/mol. The molecule has 3 heterocycles. The van der Waals surface area contributed by atoms with Gasteiger partial charge < -0.3 is 89.7 Å². The minimum Gasteiger partial charge on any atom is -0.462 e. The van der Waals surface area contributed by atoms with Crippen LogP contribution in [0.1, 0.15) is 30.5 Å². The highest BCUT2D eigenvalue weighted by atomic mass is 16.7. The van der Waals surface area contributed by atoms with Crippen LogP contribution in [0.4, 0.5) is 0 Å². The zero-order chi connectivity index (χ0) is 47.3. The maximum absolute atomic E-state index is 11.1. The van der Waals surface area contributed by atoms with Crippen molar-refractivity contribution in [2.75, 3.05) is 19.8 Å². The molecule has 4 aromatic rings. The number of rotatable bonds is 12. The normalized spacial score (nSPS) is 35.1. The molecule has 0 saturated carbocycles. The zero-order valence-electron chi connectivity index (χ0n) is 36.4. The Balaban J connectivity index is 1.23. The molecule has 0 amide bonds. The van der Waals surface area contributed by atoms with Gasteiger partial charge in [-0.2, -0.15) is 0 Å². The van der Waals surface area contributed by atoms with Crippen LogP contribution < -0.4 is 14.2 Å². The topological polar surface area (TPSA) is 298 Å². The smallest absolute Gasteiger partial charge is 0.231 e. The van der Waals surface area contributed by atoms with Gasteiger partial charge in [-0.3, -0.25) is 0 Å². The van der Waals surface area contributed by atoms with E-state index in [9.17, 15) is 61.3 Å². The van der Waals surface area contributed by atoms with Crippen molar-refractivity contribution in [2.24, 2.45) is 0 Å². The molecule has 0 spiro atoms. The fraction of sp³-hybridized carbons (Fsp3) is 0.489. The van der Waals surface area contributed by atoms with Crippen molar-refractivity contribution in [1.29, 1.82) is 0 Å². The molecule has 65 heavy (non-hydrogen) atoms. The van der Waals surface area contributed by atoms with Crippen molar-refractivity contribution >= 4 is 0 Å². The number of aliphatic hydroxyl groups excluding tert-OH is 10. The molecule has 12 N–H and O–H groups in total. The molecule has 0 unspecified atom stereocenters. The van der Waals surface area contributed by atoms with Gasteiger partial charge >= 0.3 is 0 Å². The van der Waals surface area contributed by atoms with Crippen LogP contribution in [0.3, 0.4) is 0 Å². The Bertz CT molecular complexity index is 2190. The van der Waals surface area contributed by atoms with Gasteiger partial charge in [0.05, 0.1) is 19.8 Å². The molecule has 3 aliphatic heterocycles. The molecule has 354 valence electrons. The Morgan fingerprint density at radius 2 is 0.769 bits per heavy atom. The molecular formula is C47H58O18. The highest BCUT2D eigenvalue weighted by Crippen LogP contribution is 2.40. The quantitative estimate of drug-likeness (QED) is 0.0886. The summed E-state index contributed by atoms with van der Waals surface area (Å²) in [6, 6.07) is 21.9. The average molecular weight is 911 g/mol. The van der Waals surface area contributed by atoms with E-state index in [4.69, 9.17) is 28.4 Å². The molecule has 3 aliphatic rings. The van der Waals surface area contributed by atoms with Crippen LogP contribution >= 0.6 is 0 Å². The van der Waals surface area contributed by atoms with E-state index < -0.39 is 111 Å². The number of hydrogen-bond acceptors (Lipinski definition) is 18. The van der Waals surface area contributed by atoms with Gasteiger partial charge in [0.2, 0.25) is 18.9 Å². The van der Waals surface area contributed by atoms with Crippen LogP contribution in [0, 0.1) is 20.8 Å². The molecule has 3 fully saturated rings. The van der Waals surface area contributed by atoms with E-state index in [1.807, 2.05) is 36.4 Å². The van der Waals surface area contributed by atoms with E-state index in [0.717, 1.165) is 33.4 Å². The zero-order valence-corrected chi connectivity index (χ0v) is 36.4. The van der Waals surface area contributed by atoms with Crippen molar-refractivity contribution in [3.8, 4) is 50.6 Å². The van der Waals surface area contributed by atoms with Gasteiger partial charge in [0.15, 0.2) is 11.2 Å². The Hall–Kier alpha value is -4.32. The first-order chi connectivity index (χ1) is 30.7. The number of hydrogen-bond donors (Lipinski definition) is 12. The first-order valence-electron chi connectivity index (χ1n) is 21.2. The van der Waals surface area contributed by atoms with E-state index in [-0.39, 0.29) is 0 Å². The molecule has 7 rings (SSSR count). The van der Waals surface area contributed by atoms with Crippen molar-refractivity contribution in [3.05, 3.63) is 89.5 Å². The Morgan fingerprint density at radius 1 is 0.431 bits per heavy atom. The van der Waals surface area contributed by atoms with Gasteiger partial charge in [-0.05, 0) is 139 Å². The summed E-state index contributed by atoms with van der Waals surface area (Å²) >= 11 is 0. The van der Waals surface area contributed by atoms with Gasteiger partial charge in [-0.1, -0.05) is 18.2 Å². The van der Waals surface area contributed by atoms with Gasteiger partial charge in [0.25, 0.3) is 0 Å². The molecule has 0 radical (unpaired) electrons. The van der Waals surface area contributed by atoms with Gasteiger partial charge in [0, 0.05) is 0 Å². The van der Waals surface area contributed by atoms with Crippen molar-refractivity contribution in [2.45, 2.75) is 126 Å². The monoisotopic (exact) mass is 910 g/mol. The fourth-order valence-electron chi connectivity index (χ4n) is 8.26. The van der Waals surface area contributed by atoms with Crippen molar-refractivity contribution in [3.63, 3.8) is 0 Å². The molecule has 4 aromatic carbocycles. The van der Waals surface area contributed by atoms with Crippen LogP contribution in [0.15, 0.2) is 72.8 Å². The second-order valence-corrected chi connectivity index (χ2v) is 17.5. The minimum atomic E-state index is -2.03. The molecule has 3 saturated heterocycles. The largest absolute Gasteiger partial charge is 0.462 e. The molecule has 0 bridgehead atoms. The number of aliphatic hydroxyl groups is 12. The number of aryl methyl sites for hydroxylation is 3. The third kappa shape index (κ3) is 9.49. The third-order valence-electron chi connectivity index (χ3n) is 12.5. The van der Waals surface area contributed by atoms with E-state index in [2.05, 4.69) is 0 Å². The maximum atomic E-state index is 11.1. The second kappa shape index (κ2) is 19.1. The second-order valence-electron chi connectivity index (χ2n) is 17.5.